The molecule has 5 heteroatoms. The van der Waals surface area contributed by atoms with Crippen LogP contribution in [0, 0.1) is 5.82 Å². The van der Waals surface area contributed by atoms with Gasteiger partial charge in [0.25, 0.3) is 0 Å². The fraction of sp³-hybridized carbons (Fsp3) is 0.167. The van der Waals surface area contributed by atoms with Crippen molar-refractivity contribution in [1.29, 1.82) is 0 Å². The van der Waals surface area contributed by atoms with E-state index >= 15 is 0 Å². The van der Waals surface area contributed by atoms with Gasteiger partial charge >= 0.3 is 0 Å². The van der Waals surface area contributed by atoms with Crippen LogP contribution >= 0.6 is 11.3 Å². The van der Waals surface area contributed by atoms with Crippen LogP contribution < -0.4 is 9.47 Å². The molecule has 0 aliphatic rings. The van der Waals surface area contributed by atoms with Gasteiger partial charge in [-0.3, -0.25) is 0 Å². The fourth-order valence-corrected chi connectivity index (χ4v) is 3.11. The van der Waals surface area contributed by atoms with E-state index in [1.807, 2.05) is 36.6 Å². The van der Waals surface area contributed by atoms with Crippen molar-refractivity contribution in [2.24, 2.45) is 0 Å². The minimum absolute atomic E-state index is 0.311. The molecule has 2 aromatic carbocycles. The van der Waals surface area contributed by atoms with Crippen LogP contribution in [0.25, 0.3) is 21.8 Å². The first-order valence-electron chi connectivity index (χ1n) is 7.24. The second-order valence-electron chi connectivity index (χ2n) is 4.84. The maximum absolute atomic E-state index is 13.5. The molecule has 0 saturated heterocycles. The standard InChI is InChI=1S/C18H16FNO2S/c1-3-22-14-6-4-5-12(9-14)18-20-16(11-23-18)15-10-13(19)7-8-17(15)21-2/h4-11H,3H2,1-2H3. The average molecular weight is 329 g/mol. The first-order chi connectivity index (χ1) is 11.2. The lowest BCUT2D eigenvalue weighted by atomic mass is 10.1. The maximum Gasteiger partial charge on any atom is 0.128 e. The highest BCUT2D eigenvalue weighted by atomic mass is 32.1. The second-order valence-corrected chi connectivity index (χ2v) is 5.70. The van der Waals surface area contributed by atoms with E-state index < -0.39 is 0 Å². The average Bonchev–Trinajstić information content (AvgIpc) is 3.05. The minimum atomic E-state index is -0.311. The van der Waals surface area contributed by atoms with Gasteiger partial charge in [-0.25, -0.2) is 9.37 Å². The number of hydrogen-bond acceptors (Lipinski definition) is 4. The van der Waals surface area contributed by atoms with E-state index in [9.17, 15) is 4.39 Å². The molecule has 0 unspecified atom stereocenters. The second kappa shape index (κ2) is 6.79. The zero-order valence-electron chi connectivity index (χ0n) is 12.9. The fourth-order valence-electron chi connectivity index (χ4n) is 2.30. The van der Waals surface area contributed by atoms with Crippen LogP contribution in [0.4, 0.5) is 4.39 Å². The van der Waals surface area contributed by atoms with Crippen molar-refractivity contribution < 1.29 is 13.9 Å². The van der Waals surface area contributed by atoms with Crippen LogP contribution in [0.5, 0.6) is 11.5 Å². The molecule has 1 aromatic heterocycles. The smallest absolute Gasteiger partial charge is 0.128 e. The molecule has 0 saturated carbocycles. The summed E-state index contributed by atoms with van der Waals surface area (Å²) < 4.78 is 24.4. The number of rotatable bonds is 5. The van der Waals surface area contributed by atoms with Gasteiger partial charge < -0.3 is 9.47 Å². The van der Waals surface area contributed by atoms with Crippen LogP contribution in [0.15, 0.2) is 47.8 Å². The Bertz CT molecular complexity index is 816. The molecule has 3 nitrogen and oxygen atoms in total. The highest BCUT2D eigenvalue weighted by Crippen LogP contribution is 2.35. The molecular weight excluding hydrogens is 313 g/mol. The third kappa shape index (κ3) is 3.35. The van der Waals surface area contributed by atoms with Crippen molar-refractivity contribution in [2.45, 2.75) is 6.92 Å². The zero-order chi connectivity index (χ0) is 16.2. The van der Waals surface area contributed by atoms with E-state index in [4.69, 9.17) is 9.47 Å². The minimum Gasteiger partial charge on any atom is -0.496 e. The van der Waals surface area contributed by atoms with Gasteiger partial charge in [0.15, 0.2) is 0 Å². The molecule has 0 fully saturated rings. The lowest BCUT2D eigenvalue weighted by Crippen LogP contribution is -1.91. The van der Waals surface area contributed by atoms with Crippen molar-refractivity contribution in [3.8, 4) is 33.3 Å². The zero-order valence-corrected chi connectivity index (χ0v) is 13.7. The van der Waals surface area contributed by atoms with Gasteiger partial charge in [-0.15, -0.1) is 11.3 Å². The quantitative estimate of drug-likeness (QED) is 0.658. The Kier molecular flexibility index (Phi) is 4.57. The Morgan fingerprint density at radius 2 is 2.04 bits per heavy atom. The monoisotopic (exact) mass is 329 g/mol. The van der Waals surface area contributed by atoms with E-state index in [0.29, 0.717) is 23.6 Å². The Morgan fingerprint density at radius 1 is 1.17 bits per heavy atom. The predicted octanol–water partition coefficient (Wildman–Crippen LogP) is 5.02. The molecule has 1 heterocycles. The summed E-state index contributed by atoms with van der Waals surface area (Å²) in [6, 6.07) is 12.2. The Hall–Kier alpha value is -2.40. The number of ether oxygens (including phenoxy) is 2. The number of thiazole rings is 1. The topological polar surface area (TPSA) is 31.4 Å². The summed E-state index contributed by atoms with van der Waals surface area (Å²) in [7, 11) is 1.57. The summed E-state index contributed by atoms with van der Waals surface area (Å²) >= 11 is 1.50. The first kappa shape index (κ1) is 15.5. The van der Waals surface area contributed by atoms with Gasteiger partial charge in [0, 0.05) is 16.5 Å². The Balaban J connectivity index is 1.98. The van der Waals surface area contributed by atoms with Crippen LogP contribution in [-0.4, -0.2) is 18.7 Å². The van der Waals surface area contributed by atoms with E-state index in [1.165, 1.54) is 23.5 Å². The van der Waals surface area contributed by atoms with Crippen molar-refractivity contribution in [1.82, 2.24) is 4.98 Å². The van der Waals surface area contributed by atoms with Crippen molar-refractivity contribution >= 4 is 11.3 Å². The number of methoxy groups -OCH3 is 1. The Labute approximate surface area is 138 Å². The van der Waals surface area contributed by atoms with E-state index in [-0.39, 0.29) is 5.82 Å². The Morgan fingerprint density at radius 3 is 2.83 bits per heavy atom. The molecule has 0 bridgehead atoms. The van der Waals surface area contributed by atoms with Gasteiger partial charge in [0.1, 0.15) is 22.3 Å². The molecular formula is C18H16FNO2S. The van der Waals surface area contributed by atoms with E-state index in [0.717, 1.165) is 16.3 Å². The van der Waals surface area contributed by atoms with Crippen LogP contribution in [0.3, 0.4) is 0 Å². The molecule has 0 amide bonds. The number of nitrogens with zero attached hydrogens (tertiary/aromatic N) is 1. The van der Waals surface area contributed by atoms with Gasteiger partial charge in [-0.05, 0) is 37.3 Å². The maximum atomic E-state index is 13.5. The summed E-state index contributed by atoms with van der Waals surface area (Å²) in [6.07, 6.45) is 0. The largest absolute Gasteiger partial charge is 0.496 e. The van der Waals surface area contributed by atoms with Gasteiger partial charge in [0.2, 0.25) is 0 Å². The molecule has 3 aromatic rings. The third-order valence-electron chi connectivity index (χ3n) is 3.33. The highest BCUT2D eigenvalue weighted by molar-refractivity contribution is 7.13. The van der Waals surface area contributed by atoms with Gasteiger partial charge in [0.05, 0.1) is 19.4 Å². The van der Waals surface area contributed by atoms with E-state index in [2.05, 4.69) is 4.98 Å². The highest BCUT2D eigenvalue weighted by Gasteiger charge is 2.12. The van der Waals surface area contributed by atoms with Crippen LogP contribution in [0.2, 0.25) is 0 Å². The summed E-state index contributed by atoms with van der Waals surface area (Å²) in [5.74, 6) is 1.10. The van der Waals surface area contributed by atoms with Crippen LogP contribution in [-0.2, 0) is 0 Å². The van der Waals surface area contributed by atoms with Crippen LogP contribution in [0.1, 0.15) is 6.92 Å². The molecule has 3 rings (SSSR count). The number of hydrogen-bond donors (Lipinski definition) is 0. The molecule has 118 valence electrons. The summed E-state index contributed by atoms with van der Waals surface area (Å²) in [6.45, 7) is 2.57. The first-order valence-corrected chi connectivity index (χ1v) is 8.12. The molecule has 23 heavy (non-hydrogen) atoms. The SMILES string of the molecule is CCOc1cccc(-c2nc(-c3cc(F)ccc3OC)cs2)c1. The molecule has 0 spiro atoms. The van der Waals surface area contributed by atoms with Crippen molar-refractivity contribution in [3.63, 3.8) is 0 Å². The summed E-state index contributed by atoms with van der Waals surface area (Å²) in [5, 5.41) is 2.76. The predicted molar refractivity (Wildman–Crippen MR) is 90.7 cm³/mol. The van der Waals surface area contributed by atoms with Gasteiger partial charge in [-0.2, -0.15) is 0 Å². The molecule has 0 atom stereocenters. The number of aromatic nitrogens is 1. The van der Waals surface area contributed by atoms with E-state index in [1.54, 1.807) is 13.2 Å². The van der Waals surface area contributed by atoms with Crippen molar-refractivity contribution in [2.75, 3.05) is 13.7 Å². The lowest BCUT2D eigenvalue weighted by Gasteiger charge is -2.06. The lowest BCUT2D eigenvalue weighted by molar-refractivity contribution is 0.340. The number of benzene rings is 2. The summed E-state index contributed by atoms with van der Waals surface area (Å²) in [4.78, 5) is 4.62. The van der Waals surface area contributed by atoms with Crippen molar-refractivity contribution in [3.05, 3.63) is 53.7 Å². The number of halogens is 1. The van der Waals surface area contributed by atoms with Gasteiger partial charge in [-0.1, -0.05) is 12.1 Å². The summed E-state index contributed by atoms with van der Waals surface area (Å²) in [5.41, 5.74) is 2.32. The molecule has 0 N–H and O–H groups in total. The molecule has 0 aliphatic carbocycles. The molecule has 0 aliphatic heterocycles. The third-order valence-corrected chi connectivity index (χ3v) is 4.23. The normalized spacial score (nSPS) is 10.6. The molecule has 0 radical (unpaired) electrons.